The molecule has 2 heterocycles. The quantitative estimate of drug-likeness (QED) is 0.371. The summed E-state index contributed by atoms with van der Waals surface area (Å²) < 4.78 is 5.79. The molecule has 0 radical (unpaired) electrons. The third kappa shape index (κ3) is 4.07. The molecule has 0 aromatic rings. The summed E-state index contributed by atoms with van der Waals surface area (Å²) in [5.41, 5.74) is 0.0499. The fraction of sp³-hybridized carbons (Fsp3) is 0.417. The molecule has 0 aliphatic carbocycles. The lowest BCUT2D eigenvalue weighted by molar-refractivity contribution is -0.143. The zero-order chi connectivity index (χ0) is 14.5. The summed E-state index contributed by atoms with van der Waals surface area (Å²) >= 11 is 4.16. The van der Waals surface area contributed by atoms with Gasteiger partial charge in [-0.25, -0.2) is 4.79 Å². The van der Waals surface area contributed by atoms with Gasteiger partial charge in [-0.15, -0.1) is 0 Å². The highest BCUT2D eigenvalue weighted by molar-refractivity contribution is 8.27. The molecule has 8 heteroatoms. The lowest BCUT2D eigenvalue weighted by Crippen LogP contribution is -2.33. The van der Waals surface area contributed by atoms with Gasteiger partial charge in [0.05, 0.1) is 16.9 Å². The van der Waals surface area contributed by atoms with Crippen molar-refractivity contribution in [3.8, 4) is 0 Å². The number of amidine groups is 1. The van der Waals surface area contributed by atoms with Gasteiger partial charge in [0.2, 0.25) is 0 Å². The summed E-state index contributed by atoms with van der Waals surface area (Å²) in [5, 5.41) is 6.89. The van der Waals surface area contributed by atoms with Gasteiger partial charge in [-0.05, 0) is 24.7 Å². The number of ether oxygens (including phenoxy) is 1. The summed E-state index contributed by atoms with van der Waals surface area (Å²) in [6.45, 7) is 4.19. The van der Waals surface area contributed by atoms with Crippen LogP contribution in [0.15, 0.2) is 25.6 Å². The van der Waals surface area contributed by atoms with E-state index in [0.717, 1.165) is 5.75 Å². The zero-order valence-corrected chi connectivity index (χ0v) is 13.5. The predicted octanol–water partition coefficient (Wildman–Crippen LogP) is 2.32. The average Bonchev–Trinajstić information content (AvgIpc) is 3.01. The number of thioether (sulfide) groups is 3. The van der Waals surface area contributed by atoms with Crippen LogP contribution >= 0.6 is 35.3 Å². The van der Waals surface area contributed by atoms with E-state index in [-0.39, 0.29) is 11.7 Å². The number of nitrogens with zero attached hydrogens (tertiary/aromatic N) is 1. The number of carbonyl (C=O) groups is 2. The first kappa shape index (κ1) is 15.5. The summed E-state index contributed by atoms with van der Waals surface area (Å²) in [4.78, 5) is 28.6. The minimum absolute atomic E-state index is 0.0499. The van der Waals surface area contributed by atoms with Crippen LogP contribution in [0.1, 0.15) is 13.8 Å². The average molecular weight is 330 g/mol. The maximum atomic E-state index is 12.3. The summed E-state index contributed by atoms with van der Waals surface area (Å²) in [5.74, 6) is -0.203. The Kier molecular flexibility index (Phi) is 5.62. The van der Waals surface area contributed by atoms with Crippen LogP contribution in [-0.4, -0.2) is 35.4 Å². The molecule has 0 spiro atoms. The van der Waals surface area contributed by atoms with Crippen molar-refractivity contribution >= 4 is 52.3 Å². The van der Waals surface area contributed by atoms with Crippen molar-refractivity contribution < 1.29 is 14.3 Å². The molecule has 0 bridgehead atoms. The van der Waals surface area contributed by atoms with Gasteiger partial charge < -0.3 is 10.1 Å². The van der Waals surface area contributed by atoms with E-state index in [9.17, 15) is 9.59 Å². The maximum Gasteiger partial charge on any atom is 0.345 e. The molecule has 0 fully saturated rings. The highest BCUT2D eigenvalue weighted by Gasteiger charge is 2.28. The summed E-state index contributed by atoms with van der Waals surface area (Å²) in [6.07, 6.45) is -0.270. The molecule has 0 unspecified atom stereocenters. The minimum atomic E-state index is -0.597. The van der Waals surface area contributed by atoms with Crippen molar-refractivity contribution in [3.05, 3.63) is 20.6 Å². The van der Waals surface area contributed by atoms with Crippen LogP contribution in [0.25, 0.3) is 0 Å². The van der Waals surface area contributed by atoms with Gasteiger partial charge in [0, 0.05) is 5.75 Å². The molecule has 2 aliphatic rings. The fourth-order valence-electron chi connectivity index (χ4n) is 1.44. The molecule has 0 saturated carbocycles. The molecule has 2 aliphatic heterocycles. The van der Waals surface area contributed by atoms with Crippen LogP contribution in [0, 0.1) is 0 Å². The zero-order valence-electron chi connectivity index (χ0n) is 11.0. The second-order valence-corrected chi connectivity index (χ2v) is 7.29. The normalized spacial score (nSPS) is 17.4. The number of hydrogen-bond donors (Lipinski definition) is 1. The Labute approximate surface area is 130 Å². The molecule has 0 saturated heterocycles. The Hall–Kier alpha value is -0.860. The number of esters is 1. The van der Waals surface area contributed by atoms with E-state index in [4.69, 9.17) is 4.74 Å². The van der Waals surface area contributed by atoms with Crippen molar-refractivity contribution in [3.63, 3.8) is 0 Å². The Morgan fingerprint density at radius 2 is 2.05 bits per heavy atom. The van der Waals surface area contributed by atoms with Crippen molar-refractivity contribution in [1.29, 1.82) is 0 Å². The molecule has 0 aromatic heterocycles. The standard InChI is InChI=1S/C12H14N2O3S3/c1-7(2)17-10(16)8(11-18-5-6-19-11)9(15)14-12-13-3-4-20-12/h5-7H,3-4H2,1-2H3,(H,13,14,15). The Morgan fingerprint density at radius 3 is 2.60 bits per heavy atom. The molecule has 108 valence electrons. The third-order valence-electron chi connectivity index (χ3n) is 2.19. The van der Waals surface area contributed by atoms with Crippen LogP contribution in [0.2, 0.25) is 0 Å². The Morgan fingerprint density at radius 1 is 1.35 bits per heavy atom. The lowest BCUT2D eigenvalue weighted by atomic mass is 10.3. The molecule has 1 amide bonds. The second kappa shape index (κ2) is 7.24. The summed E-state index contributed by atoms with van der Waals surface area (Å²) in [7, 11) is 0. The first-order valence-electron chi connectivity index (χ1n) is 6.00. The molecule has 0 aromatic carbocycles. The van der Waals surface area contributed by atoms with E-state index in [0.29, 0.717) is 15.9 Å². The van der Waals surface area contributed by atoms with E-state index in [1.54, 1.807) is 13.8 Å². The molecular formula is C12H14N2O3S3. The van der Waals surface area contributed by atoms with Crippen LogP contribution < -0.4 is 5.32 Å². The van der Waals surface area contributed by atoms with Crippen LogP contribution in [0.5, 0.6) is 0 Å². The number of nitrogens with one attached hydrogen (secondary N) is 1. The molecule has 20 heavy (non-hydrogen) atoms. The van der Waals surface area contributed by atoms with Crippen molar-refractivity contribution in [1.82, 2.24) is 5.32 Å². The van der Waals surface area contributed by atoms with Crippen molar-refractivity contribution in [2.45, 2.75) is 20.0 Å². The van der Waals surface area contributed by atoms with Crippen molar-refractivity contribution in [2.75, 3.05) is 12.3 Å². The number of carbonyl (C=O) groups excluding carboxylic acids is 2. The Balaban J connectivity index is 2.16. The van der Waals surface area contributed by atoms with Gasteiger partial charge >= 0.3 is 5.97 Å². The monoisotopic (exact) mass is 330 g/mol. The SMILES string of the molecule is CC(C)OC(=O)C(C(=O)NC1=NCCS1)=C1SC=CS1. The topological polar surface area (TPSA) is 67.8 Å². The number of amides is 1. The molecular weight excluding hydrogens is 316 g/mol. The number of hydrogen-bond acceptors (Lipinski definition) is 7. The van der Waals surface area contributed by atoms with E-state index in [2.05, 4.69) is 10.3 Å². The minimum Gasteiger partial charge on any atom is -0.459 e. The third-order valence-corrected chi connectivity index (χ3v) is 5.21. The smallest absolute Gasteiger partial charge is 0.345 e. The highest BCUT2D eigenvalue weighted by Crippen LogP contribution is 2.40. The first-order valence-corrected chi connectivity index (χ1v) is 8.74. The van der Waals surface area contributed by atoms with Gasteiger partial charge in [0.15, 0.2) is 5.17 Å². The molecule has 1 N–H and O–H groups in total. The van der Waals surface area contributed by atoms with Gasteiger partial charge in [-0.2, -0.15) is 0 Å². The fourth-order valence-corrected chi connectivity index (χ4v) is 4.00. The Bertz CT molecular complexity index is 502. The summed E-state index contributed by atoms with van der Waals surface area (Å²) in [6, 6.07) is 0. The van der Waals surface area contributed by atoms with Gasteiger partial charge in [-0.3, -0.25) is 9.79 Å². The first-order chi connectivity index (χ1) is 9.58. The number of aliphatic imine (C=N–C) groups is 1. The van der Waals surface area contributed by atoms with E-state index in [1.165, 1.54) is 35.3 Å². The highest BCUT2D eigenvalue weighted by atomic mass is 32.2. The van der Waals surface area contributed by atoms with Crippen LogP contribution in [-0.2, 0) is 14.3 Å². The van der Waals surface area contributed by atoms with Crippen LogP contribution in [0.3, 0.4) is 0 Å². The van der Waals surface area contributed by atoms with E-state index < -0.39 is 11.9 Å². The molecule has 0 atom stereocenters. The molecule has 2 rings (SSSR count). The maximum absolute atomic E-state index is 12.3. The lowest BCUT2D eigenvalue weighted by Gasteiger charge is -2.12. The van der Waals surface area contributed by atoms with E-state index in [1.807, 2.05) is 10.8 Å². The predicted molar refractivity (Wildman–Crippen MR) is 85.5 cm³/mol. The second-order valence-electron chi connectivity index (χ2n) is 4.11. The largest absolute Gasteiger partial charge is 0.459 e. The van der Waals surface area contributed by atoms with Gasteiger partial charge in [0.25, 0.3) is 5.91 Å². The van der Waals surface area contributed by atoms with Crippen molar-refractivity contribution in [2.24, 2.45) is 4.99 Å². The number of rotatable bonds is 3. The van der Waals surface area contributed by atoms with Gasteiger partial charge in [0.1, 0.15) is 5.57 Å². The molecule has 5 nitrogen and oxygen atoms in total. The van der Waals surface area contributed by atoms with Gasteiger partial charge in [-0.1, -0.05) is 35.3 Å². The van der Waals surface area contributed by atoms with Crippen LogP contribution in [0.4, 0.5) is 0 Å². The van der Waals surface area contributed by atoms with E-state index >= 15 is 0 Å².